The van der Waals surface area contributed by atoms with Gasteiger partial charge in [-0.3, -0.25) is 9.59 Å². The highest BCUT2D eigenvalue weighted by atomic mass is 32.1. The molecule has 3 heterocycles. The minimum Gasteiger partial charge on any atom is -0.497 e. The molecular formula is C25H23N3O3S2. The number of rotatable bonds is 5. The van der Waals surface area contributed by atoms with Crippen LogP contribution in [0.3, 0.4) is 0 Å². The van der Waals surface area contributed by atoms with E-state index in [0.29, 0.717) is 13.1 Å². The van der Waals surface area contributed by atoms with Gasteiger partial charge in [-0.15, -0.1) is 22.7 Å². The summed E-state index contributed by atoms with van der Waals surface area (Å²) in [6.07, 6.45) is 1.02. The fourth-order valence-corrected chi connectivity index (χ4v) is 6.46. The van der Waals surface area contributed by atoms with Gasteiger partial charge in [0.05, 0.1) is 30.3 Å². The van der Waals surface area contributed by atoms with Gasteiger partial charge >= 0.3 is 0 Å². The van der Waals surface area contributed by atoms with Crippen LogP contribution in [0.5, 0.6) is 5.75 Å². The van der Waals surface area contributed by atoms with Crippen LogP contribution < -0.4 is 10.1 Å². The van der Waals surface area contributed by atoms with E-state index in [-0.39, 0.29) is 18.2 Å². The second-order valence-corrected chi connectivity index (χ2v) is 10.1. The van der Waals surface area contributed by atoms with Crippen LogP contribution in [0.2, 0.25) is 0 Å². The maximum absolute atomic E-state index is 13.0. The van der Waals surface area contributed by atoms with E-state index < -0.39 is 0 Å². The van der Waals surface area contributed by atoms with Gasteiger partial charge in [0, 0.05) is 23.9 Å². The van der Waals surface area contributed by atoms with E-state index in [1.807, 2.05) is 47.4 Å². The molecule has 0 atom stereocenters. The number of benzene rings is 2. The molecule has 4 aromatic rings. The number of fused-ring (bicyclic) bond motifs is 2. The van der Waals surface area contributed by atoms with Gasteiger partial charge in [-0.2, -0.15) is 0 Å². The lowest BCUT2D eigenvalue weighted by Gasteiger charge is -2.26. The number of carbonyl (C=O) groups excluding carboxylic acids is 2. The van der Waals surface area contributed by atoms with E-state index in [0.717, 1.165) is 48.4 Å². The second kappa shape index (κ2) is 8.96. The highest BCUT2D eigenvalue weighted by molar-refractivity contribution is 7.22. The molecule has 1 N–H and O–H groups in total. The van der Waals surface area contributed by atoms with Crippen molar-refractivity contribution in [3.63, 3.8) is 0 Å². The number of methoxy groups -OCH3 is 1. The largest absolute Gasteiger partial charge is 0.497 e. The van der Waals surface area contributed by atoms with Crippen LogP contribution in [0.1, 0.15) is 22.9 Å². The Morgan fingerprint density at radius 1 is 1.12 bits per heavy atom. The van der Waals surface area contributed by atoms with Crippen molar-refractivity contribution in [2.75, 3.05) is 19.0 Å². The molecule has 0 saturated heterocycles. The van der Waals surface area contributed by atoms with Crippen molar-refractivity contribution in [1.29, 1.82) is 0 Å². The maximum Gasteiger partial charge on any atom is 0.229 e. The normalized spacial score (nSPS) is 13.1. The zero-order chi connectivity index (χ0) is 22.9. The van der Waals surface area contributed by atoms with Crippen molar-refractivity contribution in [3.05, 3.63) is 64.5 Å². The number of thiophene rings is 1. The molecular weight excluding hydrogens is 454 g/mol. The molecule has 2 aromatic heterocycles. The average Bonchev–Trinajstić information content (AvgIpc) is 3.39. The van der Waals surface area contributed by atoms with Crippen LogP contribution in [0.25, 0.3) is 20.8 Å². The van der Waals surface area contributed by atoms with E-state index in [4.69, 9.17) is 9.72 Å². The van der Waals surface area contributed by atoms with Gasteiger partial charge in [0.1, 0.15) is 15.8 Å². The number of hydrogen-bond donors (Lipinski definition) is 1. The van der Waals surface area contributed by atoms with Crippen molar-refractivity contribution in [2.24, 2.45) is 0 Å². The third kappa shape index (κ3) is 4.36. The number of ether oxygens (including phenoxy) is 1. The summed E-state index contributed by atoms with van der Waals surface area (Å²) in [6.45, 7) is 2.85. The van der Waals surface area contributed by atoms with E-state index in [1.54, 1.807) is 36.7 Å². The molecule has 168 valence electrons. The molecule has 0 bridgehead atoms. The van der Waals surface area contributed by atoms with Crippen molar-refractivity contribution in [1.82, 2.24) is 9.88 Å². The minimum atomic E-state index is -0.0791. The predicted octanol–water partition coefficient (Wildman–Crippen LogP) is 5.12. The lowest BCUT2D eigenvalue weighted by Crippen LogP contribution is -2.33. The first-order chi connectivity index (χ1) is 16.0. The highest BCUT2D eigenvalue weighted by Crippen LogP contribution is 2.45. The zero-order valence-corrected chi connectivity index (χ0v) is 20.0. The van der Waals surface area contributed by atoms with Crippen LogP contribution in [0, 0.1) is 0 Å². The Kier molecular flexibility index (Phi) is 5.86. The molecule has 0 fully saturated rings. The first-order valence-electron chi connectivity index (χ1n) is 10.7. The summed E-state index contributed by atoms with van der Waals surface area (Å²) < 4.78 is 6.31. The lowest BCUT2D eigenvalue weighted by atomic mass is 10.0. The summed E-state index contributed by atoms with van der Waals surface area (Å²) >= 11 is 3.19. The van der Waals surface area contributed by atoms with Crippen molar-refractivity contribution in [3.8, 4) is 16.3 Å². The van der Waals surface area contributed by atoms with Crippen LogP contribution in [0.4, 0.5) is 5.00 Å². The molecule has 0 unspecified atom stereocenters. The average molecular weight is 478 g/mol. The molecule has 6 nitrogen and oxygen atoms in total. The Morgan fingerprint density at radius 2 is 1.91 bits per heavy atom. The van der Waals surface area contributed by atoms with E-state index in [2.05, 4.69) is 11.4 Å². The summed E-state index contributed by atoms with van der Waals surface area (Å²) in [5.74, 6) is 0.753. The number of anilines is 1. The Bertz CT molecular complexity index is 1310. The standard InChI is InChI=1S/C25H23N3O3S2/c1-15(29)28-12-11-18-21(14-28)33-25(23(18)24-26-19-5-3-4-6-20(19)32-24)27-22(30)13-16-7-9-17(31-2)10-8-16/h3-10H,11-14H2,1-2H3,(H,27,30). The van der Waals surface area contributed by atoms with Gasteiger partial charge < -0.3 is 15.0 Å². The summed E-state index contributed by atoms with van der Waals surface area (Å²) in [5, 5.41) is 4.86. The van der Waals surface area contributed by atoms with Crippen molar-refractivity contribution >= 4 is 49.7 Å². The van der Waals surface area contributed by atoms with Crippen LogP contribution in [0.15, 0.2) is 48.5 Å². The monoisotopic (exact) mass is 477 g/mol. The molecule has 0 saturated carbocycles. The molecule has 5 rings (SSSR count). The van der Waals surface area contributed by atoms with Crippen LogP contribution in [-0.4, -0.2) is 35.4 Å². The number of nitrogens with one attached hydrogen (secondary N) is 1. The number of hydrogen-bond acceptors (Lipinski definition) is 6. The Morgan fingerprint density at radius 3 is 2.64 bits per heavy atom. The third-order valence-electron chi connectivity index (χ3n) is 5.79. The Hall–Kier alpha value is -3.23. The lowest BCUT2D eigenvalue weighted by molar-refractivity contribution is -0.129. The quantitative estimate of drug-likeness (QED) is 0.433. The third-order valence-corrected chi connectivity index (χ3v) is 7.97. The predicted molar refractivity (Wildman–Crippen MR) is 133 cm³/mol. The van der Waals surface area contributed by atoms with Gasteiger partial charge in [-0.1, -0.05) is 24.3 Å². The van der Waals surface area contributed by atoms with Gasteiger partial charge in [0.25, 0.3) is 0 Å². The first kappa shape index (κ1) is 21.6. The van der Waals surface area contributed by atoms with E-state index in [9.17, 15) is 9.59 Å². The summed E-state index contributed by atoms with van der Waals surface area (Å²) in [5.41, 5.74) is 4.06. The van der Waals surface area contributed by atoms with Crippen molar-refractivity contribution < 1.29 is 14.3 Å². The van der Waals surface area contributed by atoms with Gasteiger partial charge in [0.15, 0.2) is 0 Å². The topological polar surface area (TPSA) is 71.5 Å². The summed E-state index contributed by atoms with van der Waals surface area (Å²) in [4.78, 5) is 32.8. The molecule has 0 spiro atoms. The van der Waals surface area contributed by atoms with Gasteiger partial charge in [-0.05, 0) is 41.8 Å². The van der Waals surface area contributed by atoms with E-state index >= 15 is 0 Å². The maximum atomic E-state index is 13.0. The molecule has 33 heavy (non-hydrogen) atoms. The fraction of sp³-hybridized carbons (Fsp3) is 0.240. The van der Waals surface area contributed by atoms with Crippen LogP contribution >= 0.6 is 22.7 Å². The first-order valence-corrected chi connectivity index (χ1v) is 12.3. The number of carbonyl (C=O) groups is 2. The summed E-state index contributed by atoms with van der Waals surface area (Å²) in [7, 11) is 1.62. The number of aromatic nitrogens is 1. The molecule has 1 aliphatic rings. The van der Waals surface area contributed by atoms with Gasteiger partial charge in [-0.25, -0.2) is 4.98 Å². The number of nitrogens with zero attached hydrogens (tertiary/aromatic N) is 2. The molecule has 0 radical (unpaired) electrons. The minimum absolute atomic E-state index is 0.0701. The SMILES string of the molecule is COc1ccc(CC(=O)Nc2sc3c(c2-c2nc4ccccc4s2)CCN(C(C)=O)C3)cc1. The van der Waals surface area contributed by atoms with E-state index in [1.165, 1.54) is 5.56 Å². The smallest absolute Gasteiger partial charge is 0.229 e. The molecule has 1 aliphatic heterocycles. The number of thiazole rings is 1. The Balaban J connectivity index is 1.48. The van der Waals surface area contributed by atoms with Crippen LogP contribution in [-0.2, 0) is 29.0 Å². The number of amides is 2. The summed E-state index contributed by atoms with van der Waals surface area (Å²) in [6, 6.07) is 15.6. The number of para-hydroxylation sites is 1. The highest BCUT2D eigenvalue weighted by Gasteiger charge is 2.28. The molecule has 8 heteroatoms. The fourth-order valence-electron chi connectivity index (χ4n) is 4.07. The second-order valence-electron chi connectivity index (χ2n) is 7.96. The Labute approximate surface area is 199 Å². The van der Waals surface area contributed by atoms with Crippen molar-refractivity contribution in [2.45, 2.75) is 26.3 Å². The molecule has 2 amide bonds. The molecule has 0 aliphatic carbocycles. The zero-order valence-electron chi connectivity index (χ0n) is 18.4. The van der Waals surface area contributed by atoms with Gasteiger partial charge in [0.2, 0.25) is 11.8 Å². The molecule has 2 aromatic carbocycles.